The lowest BCUT2D eigenvalue weighted by Gasteiger charge is -2.35. The third-order valence-electron chi connectivity index (χ3n) is 4.50. The summed E-state index contributed by atoms with van der Waals surface area (Å²) in [5.41, 5.74) is 9.22. The second kappa shape index (κ2) is 6.58. The van der Waals surface area contributed by atoms with Crippen LogP contribution in [0.1, 0.15) is 23.9 Å². The van der Waals surface area contributed by atoms with Crippen molar-refractivity contribution in [2.45, 2.75) is 27.3 Å². The van der Waals surface area contributed by atoms with Crippen molar-refractivity contribution >= 4 is 5.91 Å². The second-order valence-electron chi connectivity index (χ2n) is 6.01. The Morgan fingerprint density at radius 1 is 1.29 bits per heavy atom. The largest absolute Gasteiger partial charge is 0.340 e. The first-order valence-electron chi connectivity index (χ1n) is 7.64. The van der Waals surface area contributed by atoms with E-state index in [1.807, 2.05) is 23.6 Å². The molecule has 6 nitrogen and oxygen atoms in total. The number of piperazine rings is 1. The molecule has 1 aromatic heterocycles. The topological polar surface area (TPSA) is 67.4 Å². The van der Waals surface area contributed by atoms with Crippen LogP contribution in [0.25, 0.3) is 0 Å². The number of aromatic nitrogens is 2. The number of carbonyl (C=O) groups excluding carboxylic acids is 1. The quantitative estimate of drug-likeness (QED) is 0.865. The molecule has 0 aromatic carbocycles. The molecule has 2 heterocycles. The molecule has 1 fully saturated rings. The van der Waals surface area contributed by atoms with Gasteiger partial charge in [-0.25, -0.2) is 0 Å². The average molecular weight is 293 g/mol. The summed E-state index contributed by atoms with van der Waals surface area (Å²) >= 11 is 0. The number of hydrogen-bond acceptors (Lipinski definition) is 4. The van der Waals surface area contributed by atoms with Gasteiger partial charge in [-0.15, -0.1) is 0 Å². The van der Waals surface area contributed by atoms with Crippen LogP contribution in [0.15, 0.2) is 0 Å². The van der Waals surface area contributed by atoms with Gasteiger partial charge in [-0.1, -0.05) is 6.92 Å². The third kappa shape index (κ3) is 3.44. The molecule has 118 valence electrons. The number of nitrogens with two attached hydrogens (primary N) is 1. The highest BCUT2D eigenvalue weighted by Gasteiger charge is 2.25. The molecule has 2 rings (SSSR count). The summed E-state index contributed by atoms with van der Waals surface area (Å²) in [5, 5.41) is 4.47. The van der Waals surface area contributed by atoms with Crippen molar-refractivity contribution < 1.29 is 4.79 Å². The van der Waals surface area contributed by atoms with E-state index in [-0.39, 0.29) is 11.8 Å². The highest BCUT2D eigenvalue weighted by molar-refractivity contribution is 5.78. The first-order valence-corrected chi connectivity index (χ1v) is 7.64. The van der Waals surface area contributed by atoms with E-state index in [1.165, 1.54) is 11.3 Å². The van der Waals surface area contributed by atoms with Crippen molar-refractivity contribution in [3.05, 3.63) is 17.0 Å². The van der Waals surface area contributed by atoms with Crippen molar-refractivity contribution in [3.63, 3.8) is 0 Å². The fourth-order valence-corrected chi connectivity index (χ4v) is 2.81. The maximum Gasteiger partial charge on any atom is 0.226 e. The summed E-state index contributed by atoms with van der Waals surface area (Å²) in [4.78, 5) is 16.5. The lowest BCUT2D eigenvalue weighted by atomic mass is 10.1. The van der Waals surface area contributed by atoms with Gasteiger partial charge in [0.25, 0.3) is 0 Å². The number of hydrogen-bond donors (Lipinski definition) is 1. The normalized spacial score (nSPS) is 18.0. The molecule has 1 atom stereocenters. The summed E-state index contributed by atoms with van der Waals surface area (Å²) in [6.45, 7) is 10.8. The molecule has 1 unspecified atom stereocenters. The maximum absolute atomic E-state index is 12.1. The Balaban J connectivity index is 1.91. The smallest absolute Gasteiger partial charge is 0.226 e. The van der Waals surface area contributed by atoms with Crippen LogP contribution >= 0.6 is 0 Å². The van der Waals surface area contributed by atoms with E-state index in [1.54, 1.807) is 0 Å². The van der Waals surface area contributed by atoms with E-state index < -0.39 is 0 Å². The summed E-state index contributed by atoms with van der Waals surface area (Å²) in [6.07, 6.45) is 0. The van der Waals surface area contributed by atoms with Gasteiger partial charge in [-0.3, -0.25) is 14.4 Å². The standard InChI is InChI=1S/C15H27N5O/c1-11(9-16)15(21)20-7-5-19(6-8-20)10-14-12(2)17-18(4)13(14)3/h11H,5-10,16H2,1-4H3. The van der Waals surface area contributed by atoms with E-state index in [0.717, 1.165) is 38.4 Å². The van der Waals surface area contributed by atoms with E-state index in [0.29, 0.717) is 6.54 Å². The number of nitrogens with zero attached hydrogens (tertiary/aromatic N) is 4. The molecule has 21 heavy (non-hydrogen) atoms. The average Bonchev–Trinajstić information content (AvgIpc) is 2.73. The van der Waals surface area contributed by atoms with Crippen molar-refractivity contribution in [2.75, 3.05) is 32.7 Å². The molecule has 1 aromatic rings. The Morgan fingerprint density at radius 2 is 1.90 bits per heavy atom. The highest BCUT2D eigenvalue weighted by Crippen LogP contribution is 2.16. The number of carbonyl (C=O) groups is 1. The Hall–Kier alpha value is -1.40. The van der Waals surface area contributed by atoms with E-state index in [9.17, 15) is 4.79 Å². The number of amides is 1. The van der Waals surface area contributed by atoms with E-state index in [4.69, 9.17) is 5.73 Å². The van der Waals surface area contributed by atoms with E-state index in [2.05, 4.69) is 23.8 Å². The molecule has 1 saturated heterocycles. The molecule has 1 aliphatic heterocycles. The van der Waals surface area contributed by atoms with Crippen LogP contribution in [-0.4, -0.2) is 58.2 Å². The van der Waals surface area contributed by atoms with Crippen LogP contribution in [0.4, 0.5) is 0 Å². The minimum absolute atomic E-state index is 0.0700. The van der Waals surface area contributed by atoms with Crippen LogP contribution in [-0.2, 0) is 18.4 Å². The lowest BCUT2D eigenvalue weighted by Crippen LogP contribution is -2.50. The molecule has 1 amide bonds. The summed E-state index contributed by atoms with van der Waals surface area (Å²) in [6, 6.07) is 0. The van der Waals surface area contributed by atoms with Crippen LogP contribution < -0.4 is 5.73 Å². The molecule has 0 bridgehead atoms. The molecule has 0 radical (unpaired) electrons. The molecular weight excluding hydrogens is 266 g/mol. The van der Waals surface area contributed by atoms with Crippen molar-refractivity contribution in [2.24, 2.45) is 18.7 Å². The Labute approximate surface area is 126 Å². The van der Waals surface area contributed by atoms with Gasteiger partial charge in [0.2, 0.25) is 5.91 Å². The minimum atomic E-state index is -0.0700. The molecule has 2 N–H and O–H groups in total. The summed E-state index contributed by atoms with van der Waals surface area (Å²) < 4.78 is 1.94. The third-order valence-corrected chi connectivity index (χ3v) is 4.50. The van der Waals surface area contributed by atoms with Crippen molar-refractivity contribution in [1.29, 1.82) is 0 Å². The molecule has 0 spiro atoms. The van der Waals surface area contributed by atoms with Gasteiger partial charge in [-0.05, 0) is 13.8 Å². The van der Waals surface area contributed by atoms with Crippen LogP contribution in [0.5, 0.6) is 0 Å². The Kier molecular flexibility index (Phi) is 5.00. The van der Waals surface area contributed by atoms with Crippen LogP contribution in [0.3, 0.4) is 0 Å². The summed E-state index contributed by atoms with van der Waals surface area (Å²) in [7, 11) is 1.98. The zero-order chi connectivity index (χ0) is 15.6. The zero-order valence-electron chi connectivity index (χ0n) is 13.6. The first-order chi connectivity index (χ1) is 9.93. The minimum Gasteiger partial charge on any atom is -0.340 e. The highest BCUT2D eigenvalue weighted by atomic mass is 16.2. The zero-order valence-corrected chi connectivity index (χ0v) is 13.6. The lowest BCUT2D eigenvalue weighted by molar-refractivity contribution is -0.136. The summed E-state index contributed by atoms with van der Waals surface area (Å²) in [5.74, 6) is 0.116. The SMILES string of the molecule is Cc1nn(C)c(C)c1CN1CCN(C(=O)C(C)CN)CC1. The predicted octanol–water partition coefficient (Wildman–Crippen LogP) is 0.276. The fraction of sp³-hybridized carbons (Fsp3) is 0.733. The van der Waals surface area contributed by atoms with Gasteiger partial charge in [0.1, 0.15) is 0 Å². The van der Waals surface area contributed by atoms with Gasteiger partial charge in [-0.2, -0.15) is 5.10 Å². The van der Waals surface area contributed by atoms with Crippen LogP contribution in [0.2, 0.25) is 0 Å². The van der Waals surface area contributed by atoms with Crippen LogP contribution in [0, 0.1) is 19.8 Å². The molecule has 0 aliphatic carbocycles. The van der Waals surface area contributed by atoms with Gasteiger partial charge in [0.15, 0.2) is 0 Å². The van der Waals surface area contributed by atoms with Crippen molar-refractivity contribution in [1.82, 2.24) is 19.6 Å². The molecular formula is C15H27N5O. The maximum atomic E-state index is 12.1. The molecule has 6 heteroatoms. The molecule has 0 saturated carbocycles. The van der Waals surface area contributed by atoms with Gasteiger partial charge < -0.3 is 10.6 Å². The first kappa shape index (κ1) is 16.0. The second-order valence-corrected chi connectivity index (χ2v) is 6.01. The van der Waals surface area contributed by atoms with Crippen molar-refractivity contribution in [3.8, 4) is 0 Å². The van der Waals surface area contributed by atoms with E-state index >= 15 is 0 Å². The van der Waals surface area contributed by atoms with Gasteiger partial charge in [0.05, 0.1) is 5.69 Å². The van der Waals surface area contributed by atoms with Gasteiger partial charge >= 0.3 is 0 Å². The Morgan fingerprint density at radius 3 is 2.38 bits per heavy atom. The Bertz CT molecular complexity index is 502. The van der Waals surface area contributed by atoms with Gasteiger partial charge in [0, 0.05) is 63.5 Å². The molecule has 1 aliphatic rings. The number of aryl methyl sites for hydroxylation is 2. The predicted molar refractivity (Wildman–Crippen MR) is 82.8 cm³/mol. The fourth-order valence-electron chi connectivity index (χ4n) is 2.81. The number of rotatable bonds is 4. The monoisotopic (exact) mass is 293 g/mol.